The zero-order valence-electron chi connectivity index (χ0n) is 15.3. The molecule has 5 nitrogen and oxygen atoms in total. The first-order valence-electron chi connectivity index (χ1n) is 8.88. The Morgan fingerprint density at radius 1 is 1.26 bits per heavy atom. The molecule has 4 rings (SSSR count). The molecule has 0 aliphatic carbocycles. The normalized spacial score (nSPS) is 18.8. The van der Waals surface area contributed by atoms with Crippen LogP contribution in [-0.4, -0.2) is 36.8 Å². The fourth-order valence-electron chi connectivity index (χ4n) is 3.62. The molecule has 0 N–H and O–H groups in total. The van der Waals surface area contributed by atoms with Gasteiger partial charge in [-0.15, -0.1) is 11.3 Å². The number of para-hydroxylation sites is 1. The molecule has 0 saturated carbocycles. The molecule has 27 heavy (non-hydrogen) atoms. The van der Waals surface area contributed by atoms with Crippen molar-refractivity contribution < 1.29 is 17.6 Å². The molecule has 0 radical (unpaired) electrons. The fraction of sp³-hybridized carbons (Fsp3) is 0.350. The van der Waals surface area contributed by atoms with Gasteiger partial charge in [-0.1, -0.05) is 18.2 Å². The van der Waals surface area contributed by atoms with Crippen molar-refractivity contribution in [2.24, 2.45) is 0 Å². The highest BCUT2D eigenvalue weighted by molar-refractivity contribution is 7.91. The van der Waals surface area contributed by atoms with E-state index in [1.165, 1.54) is 0 Å². The van der Waals surface area contributed by atoms with Crippen LogP contribution in [0.25, 0.3) is 11.0 Å². The summed E-state index contributed by atoms with van der Waals surface area (Å²) in [5.41, 5.74) is 2.58. The average Bonchev–Trinajstić information content (AvgIpc) is 3.30. The van der Waals surface area contributed by atoms with Crippen molar-refractivity contribution >= 4 is 38.1 Å². The lowest BCUT2D eigenvalue weighted by atomic mass is 10.1. The van der Waals surface area contributed by atoms with E-state index < -0.39 is 9.84 Å². The second-order valence-corrected chi connectivity index (χ2v) is 10.3. The molecular weight excluding hydrogens is 382 g/mol. The minimum Gasteiger partial charge on any atom is -0.451 e. The van der Waals surface area contributed by atoms with Crippen LogP contribution in [0.4, 0.5) is 0 Å². The summed E-state index contributed by atoms with van der Waals surface area (Å²) in [5, 5.41) is 2.90. The molecule has 1 aliphatic rings. The fourth-order valence-corrected chi connectivity index (χ4v) is 6.25. The van der Waals surface area contributed by atoms with Crippen molar-refractivity contribution in [1.82, 2.24) is 4.90 Å². The monoisotopic (exact) mass is 403 g/mol. The predicted molar refractivity (Wildman–Crippen MR) is 107 cm³/mol. The second-order valence-electron chi connectivity index (χ2n) is 7.07. The Morgan fingerprint density at radius 2 is 2.04 bits per heavy atom. The van der Waals surface area contributed by atoms with Gasteiger partial charge in [0.25, 0.3) is 5.91 Å². The van der Waals surface area contributed by atoms with Crippen molar-refractivity contribution in [1.29, 1.82) is 0 Å². The van der Waals surface area contributed by atoms with E-state index in [1.54, 1.807) is 16.2 Å². The van der Waals surface area contributed by atoms with E-state index >= 15 is 0 Å². The molecule has 1 saturated heterocycles. The highest BCUT2D eigenvalue weighted by Gasteiger charge is 2.37. The zero-order chi connectivity index (χ0) is 19.2. The van der Waals surface area contributed by atoms with Gasteiger partial charge in [0, 0.05) is 21.9 Å². The first kappa shape index (κ1) is 18.3. The molecule has 7 heteroatoms. The van der Waals surface area contributed by atoms with Gasteiger partial charge in [0.1, 0.15) is 5.58 Å². The van der Waals surface area contributed by atoms with Crippen molar-refractivity contribution in [2.45, 2.75) is 32.9 Å². The third-order valence-electron chi connectivity index (χ3n) is 5.23. The van der Waals surface area contributed by atoms with E-state index in [4.69, 9.17) is 4.42 Å². The smallest absolute Gasteiger partial charge is 0.290 e. The number of furan rings is 1. The maximum Gasteiger partial charge on any atom is 0.290 e. The van der Waals surface area contributed by atoms with E-state index in [1.807, 2.05) is 49.6 Å². The molecule has 0 spiro atoms. The van der Waals surface area contributed by atoms with Crippen LogP contribution in [-0.2, 0) is 16.4 Å². The number of carbonyl (C=O) groups is 1. The molecule has 1 aliphatic heterocycles. The first-order chi connectivity index (χ1) is 12.9. The topological polar surface area (TPSA) is 67.6 Å². The summed E-state index contributed by atoms with van der Waals surface area (Å²) in [6.45, 7) is 4.28. The molecular formula is C20H21NO4S2. The van der Waals surface area contributed by atoms with Crippen LogP contribution in [0.5, 0.6) is 0 Å². The number of rotatable bonds is 4. The summed E-state index contributed by atoms with van der Waals surface area (Å²) in [6, 6.07) is 9.24. The van der Waals surface area contributed by atoms with Crippen molar-refractivity contribution in [2.75, 3.05) is 11.5 Å². The van der Waals surface area contributed by atoms with Crippen LogP contribution < -0.4 is 0 Å². The highest BCUT2D eigenvalue weighted by Crippen LogP contribution is 2.30. The Morgan fingerprint density at radius 3 is 2.67 bits per heavy atom. The van der Waals surface area contributed by atoms with Crippen LogP contribution in [0.15, 0.2) is 40.1 Å². The lowest BCUT2D eigenvalue weighted by Crippen LogP contribution is -2.40. The van der Waals surface area contributed by atoms with Crippen LogP contribution in [0, 0.1) is 13.8 Å². The van der Waals surface area contributed by atoms with Gasteiger partial charge in [0.2, 0.25) is 0 Å². The molecule has 0 bridgehead atoms. The molecule has 3 heterocycles. The molecule has 1 atom stereocenters. The van der Waals surface area contributed by atoms with E-state index in [9.17, 15) is 13.2 Å². The van der Waals surface area contributed by atoms with E-state index in [2.05, 4.69) is 0 Å². The van der Waals surface area contributed by atoms with E-state index in [0.717, 1.165) is 21.4 Å². The lowest BCUT2D eigenvalue weighted by Gasteiger charge is -2.27. The Balaban J connectivity index is 1.73. The number of aryl methyl sites for hydroxylation is 2. The van der Waals surface area contributed by atoms with Gasteiger partial charge in [-0.25, -0.2) is 8.42 Å². The zero-order valence-corrected chi connectivity index (χ0v) is 16.9. The molecule has 2 aromatic heterocycles. The summed E-state index contributed by atoms with van der Waals surface area (Å²) in [6.07, 6.45) is 0.470. The number of hydrogen-bond acceptors (Lipinski definition) is 5. The second kappa shape index (κ2) is 6.80. The Labute approximate surface area is 162 Å². The third kappa shape index (κ3) is 3.41. The van der Waals surface area contributed by atoms with Crippen LogP contribution in [0.2, 0.25) is 0 Å². The van der Waals surface area contributed by atoms with Crippen LogP contribution >= 0.6 is 11.3 Å². The summed E-state index contributed by atoms with van der Waals surface area (Å²) >= 11 is 1.58. The van der Waals surface area contributed by atoms with E-state index in [0.29, 0.717) is 24.3 Å². The van der Waals surface area contributed by atoms with Crippen molar-refractivity contribution in [3.63, 3.8) is 0 Å². The van der Waals surface area contributed by atoms with Gasteiger partial charge in [0.05, 0.1) is 18.1 Å². The Kier molecular flexibility index (Phi) is 4.60. The number of benzene rings is 1. The number of nitrogens with zero attached hydrogens (tertiary/aromatic N) is 1. The number of carbonyl (C=O) groups excluding carboxylic acids is 1. The van der Waals surface area contributed by atoms with Gasteiger partial charge in [0.15, 0.2) is 15.6 Å². The Hall–Kier alpha value is -2.12. The molecule has 1 amide bonds. The first-order valence-corrected chi connectivity index (χ1v) is 11.6. The van der Waals surface area contributed by atoms with Gasteiger partial charge < -0.3 is 9.32 Å². The quantitative estimate of drug-likeness (QED) is 0.662. The minimum absolute atomic E-state index is 0.0163. The largest absolute Gasteiger partial charge is 0.451 e. The maximum atomic E-state index is 13.4. The van der Waals surface area contributed by atoms with Crippen LogP contribution in [0.1, 0.15) is 33.0 Å². The van der Waals surface area contributed by atoms with Gasteiger partial charge in [-0.05, 0) is 43.3 Å². The Bertz CT molecular complexity index is 1110. The van der Waals surface area contributed by atoms with E-state index in [-0.39, 0.29) is 23.5 Å². The highest BCUT2D eigenvalue weighted by atomic mass is 32.2. The molecule has 142 valence electrons. The molecule has 0 unspecified atom stereocenters. The van der Waals surface area contributed by atoms with Crippen molar-refractivity contribution in [3.05, 3.63) is 57.5 Å². The van der Waals surface area contributed by atoms with Gasteiger partial charge >= 0.3 is 0 Å². The average molecular weight is 404 g/mol. The number of fused-ring (bicyclic) bond motifs is 1. The number of thiophene rings is 1. The third-order valence-corrected chi connectivity index (χ3v) is 7.99. The molecule has 3 aromatic rings. The number of sulfone groups is 1. The standard InChI is InChI=1S/C20H21NO4S2/c1-13-7-9-26-18(13)11-21(15-8-10-27(23,24)12-15)20(22)19-14(2)16-5-3-4-6-17(16)25-19/h3-7,9,15H,8,10-12H2,1-2H3/t15-/m1/s1. The summed E-state index contributed by atoms with van der Waals surface area (Å²) < 4.78 is 29.9. The van der Waals surface area contributed by atoms with Crippen molar-refractivity contribution in [3.8, 4) is 0 Å². The minimum atomic E-state index is -3.10. The maximum absolute atomic E-state index is 13.4. The SMILES string of the molecule is Cc1ccsc1CN(C(=O)c1oc2ccccc2c1C)[C@@H]1CCS(=O)(=O)C1. The van der Waals surface area contributed by atoms with Crippen LogP contribution in [0.3, 0.4) is 0 Å². The summed E-state index contributed by atoms with van der Waals surface area (Å²) in [5.74, 6) is 0.209. The predicted octanol–water partition coefficient (Wildman–Crippen LogP) is 3.94. The molecule has 1 fully saturated rings. The molecule has 1 aromatic carbocycles. The summed E-state index contributed by atoms with van der Waals surface area (Å²) in [7, 11) is -3.10. The lowest BCUT2D eigenvalue weighted by molar-refractivity contribution is 0.0651. The van der Waals surface area contributed by atoms with Gasteiger partial charge in [-0.3, -0.25) is 4.79 Å². The summed E-state index contributed by atoms with van der Waals surface area (Å²) in [4.78, 5) is 16.2. The number of hydrogen-bond donors (Lipinski definition) is 0. The van der Waals surface area contributed by atoms with Gasteiger partial charge in [-0.2, -0.15) is 0 Å². The number of amides is 1.